The summed E-state index contributed by atoms with van der Waals surface area (Å²) in [6.45, 7) is 1.34. The molecule has 0 radical (unpaired) electrons. The van der Waals surface area contributed by atoms with E-state index in [0.29, 0.717) is 5.75 Å². The van der Waals surface area contributed by atoms with Crippen LogP contribution in [0.4, 0.5) is 17.1 Å². The van der Waals surface area contributed by atoms with Crippen LogP contribution in [0, 0.1) is 27.2 Å². The Kier molecular flexibility index (Phi) is 5.98. The minimum Gasteiger partial charge on any atom is -0.493 e. The fraction of sp³-hybridized carbons (Fsp3) is 0.235. The molecule has 0 fully saturated rings. The molecular weight excluding hydrogens is 374 g/mol. The number of ether oxygens (including phenoxy) is 3. The van der Waals surface area contributed by atoms with E-state index in [1.54, 1.807) is 0 Å². The van der Waals surface area contributed by atoms with Crippen molar-refractivity contribution in [2.24, 2.45) is 0 Å². The Balaban J connectivity index is 2.51. The largest absolute Gasteiger partial charge is 0.493 e. The normalized spacial score (nSPS) is 10.1. The maximum absolute atomic E-state index is 12.7. The van der Waals surface area contributed by atoms with Crippen molar-refractivity contribution >= 4 is 23.0 Å². The number of rotatable bonds is 7. The molecular formula is C17H17N3O8. The van der Waals surface area contributed by atoms with Crippen molar-refractivity contribution in [3.63, 3.8) is 0 Å². The summed E-state index contributed by atoms with van der Waals surface area (Å²) in [6.07, 6.45) is 0. The number of anilines is 1. The molecule has 0 heterocycles. The lowest BCUT2D eigenvalue weighted by molar-refractivity contribution is -0.394. The number of carbonyl (C=O) groups excluding carboxylic acids is 1. The van der Waals surface area contributed by atoms with Crippen LogP contribution in [0.2, 0.25) is 0 Å². The third kappa shape index (κ3) is 3.92. The minimum atomic E-state index is -0.803. The molecule has 0 bridgehead atoms. The van der Waals surface area contributed by atoms with E-state index in [2.05, 4.69) is 5.32 Å². The Labute approximate surface area is 159 Å². The van der Waals surface area contributed by atoms with Gasteiger partial charge in [-0.3, -0.25) is 25.0 Å². The molecule has 0 aromatic heterocycles. The summed E-state index contributed by atoms with van der Waals surface area (Å²) in [6, 6.07) is 4.71. The van der Waals surface area contributed by atoms with E-state index in [1.807, 2.05) is 0 Å². The number of methoxy groups -OCH3 is 3. The highest BCUT2D eigenvalue weighted by Crippen LogP contribution is 2.40. The van der Waals surface area contributed by atoms with Gasteiger partial charge in [0.2, 0.25) is 5.75 Å². The topological polar surface area (TPSA) is 143 Å². The molecule has 2 aromatic rings. The molecule has 148 valence electrons. The molecule has 0 spiro atoms. The molecule has 11 nitrogen and oxygen atoms in total. The van der Waals surface area contributed by atoms with Gasteiger partial charge in [0.15, 0.2) is 11.5 Å². The molecule has 1 N–H and O–H groups in total. The number of hydrogen-bond donors (Lipinski definition) is 1. The van der Waals surface area contributed by atoms with Crippen LogP contribution < -0.4 is 19.5 Å². The zero-order valence-electron chi connectivity index (χ0n) is 15.5. The first kappa shape index (κ1) is 20.4. The number of amides is 1. The van der Waals surface area contributed by atoms with Crippen LogP contribution in [0.3, 0.4) is 0 Å². The Hall–Kier alpha value is -3.89. The fourth-order valence-electron chi connectivity index (χ4n) is 2.57. The fourth-order valence-corrected chi connectivity index (χ4v) is 2.57. The number of nitro groups is 2. The van der Waals surface area contributed by atoms with E-state index in [-0.39, 0.29) is 28.3 Å². The highest BCUT2D eigenvalue weighted by Gasteiger charge is 2.25. The van der Waals surface area contributed by atoms with Crippen LogP contribution >= 0.6 is 0 Å². The van der Waals surface area contributed by atoms with Gasteiger partial charge >= 0.3 is 0 Å². The third-order valence-electron chi connectivity index (χ3n) is 3.94. The van der Waals surface area contributed by atoms with Gasteiger partial charge in [-0.1, -0.05) is 0 Å². The summed E-state index contributed by atoms with van der Waals surface area (Å²) in [7, 11) is 4.22. The van der Waals surface area contributed by atoms with Gasteiger partial charge in [-0.25, -0.2) is 0 Å². The monoisotopic (exact) mass is 391 g/mol. The number of non-ortho nitro benzene ring substituents is 1. The molecule has 28 heavy (non-hydrogen) atoms. The van der Waals surface area contributed by atoms with Gasteiger partial charge in [-0.2, -0.15) is 0 Å². The average molecular weight is 391 g/mol. The third-order valence-corrected chi connectivity index (χ3v) is 3.94. The van der Waals surface area contributed by atoms with Crippen LogP contribution in [-0.4, -0.2) is 37.1 Å². The van der Waals surface area contributed by atoms with E-state index in [4.69, 9.17) is 14.2 Å². The van der Waals surface area contributed by atoms with Gasteiger partial charge < -0.3 is 19.5 Å². The van der Waals surface area contributed by atoms with Crippen molar-refractivity contribution in [3.05, 3.63) is 55.6 Å². The Morgan fingerprint density at radius 1 is 0.929 bits per heavy atom. The van der Waals surface area contributed by atoms with Crippen molar-refractivity contribution in [2.45, 2.75) is 6.92 Å². The first-order chi connectivity index (χ1) is 13.2. The molecule has 0 aliphatic heterocycles. The van der Waals surface area contributed by atoms with E-state index in [0.717, 1.165) is 12.1 Å². The lowest BCUT2D eigenvalue weighted by atomic mass is 10.0. The van der Waals surface area contributed by atoms with Gasteiger partial charge in [0, 0.05) is 29.4 Å². The van der Waals surface area contributed by atoms with Crippen LogP contribution in [0.5, 0.6) is 17.2 Å². The smallest absolute Gasteiger partial charge is 0.279 e. The number of hydrogen-bond acceptors (Lipinski definition) is 8. The van der Waals surface area contributed by atoms with Gasteiger partial charge in [0.1, 0.15) is 0 Å². The number of nitro benzene ring substituents is 2. The summed E-state index contributed by atoms with van der Waals surface area (Å²) >= 11 is 0. The first-order valence-electron chi connectivity index (χ1n) is 7.78. The quantitative estimate of drug-likeness (QED) is 0.560. The van der Waals surface area contributed by atoms with Crippen molar-refractivity contribution in [1.29, 1.82) is 0 Å². The predicted octanol–water partition coefficient (Wildman–Crippen LogP) is 3.09. The lowest BCUT2D eigenvalue weighted by Crippen LogP contribution is -2.15. The number of nitrogens with zero attached hydrogens (tertiary/aromatic N) is 2. The van der Waals surface area contributed by atoms with E-state index < -0.39 is 27.1 Å². The van der Waals surface area contributed by atoms with Crippen molar-refractivity contribution < 1.29 is 28.9 Å². The highest BCUT2D eigenvalue weighted by molar-refractivity contribution is 6.06. The van der Waals surface area contributed by atoms with E-state index in [1.165, 1.54) is 40.4 Å². The summed E-state index contributed by atoms with van der Waals surface area (Å²) in [5.41, 5.74) is -1.04. The van der Waals surface area contributed by atoms with Crippen LogP contribution in [0.1, 0.15) is 15.9 Å². The van der Waals surface area contributed by atoms with Crippen LogP contribution in [0.25, 0.3) is 0 Å². The zero-order chi connectivity index (χ0) is 21.0. The summed E-state index contributed by atoms with van der Waals surface area (Å²) in [5.74, 6) is 0.0986. The molecule has 11 heteroatoms. The molecule has 1 amide bonds. The second-order valence-corrected chi connectivity index (χ2v) is 5.52. The van der Waals surface area contributed by atoms with Crippen molar-refractivity contribution in [1.82, 2.24) is 0 Å². The summed E-state index contributed by atoms with van der Waals surface area (Å²) < 4.78 is 15.6. The number of benzene rings is 2. The van der Waals surface area contributed by atoms with Gasteiger partial charge in [0.05, 0.1) is 42.8 Å². The van der Waals surface area contributed by atoms with Crippen LogP contribution in [0.15, 0.2) is 24.3 Å². The second kappa shape index (κ2) is 8.20. The SMILES string of the molecule is COc1cc(NC(=O)c2cc([N+](=O)[O-])cc([N+](=O)[O-])c2C)cc(OC)c1OC. The second-order valence-electron chi connectivity index (χ2n) is 5.52. The predicted molar refractivity (Wildman–Crippen MR) is 98.5 cm³/mol. The molecule has 2 aromatic carbocycles. The molecule has 0 unspecified atom stereocenters. The molecule has 0 aliphatic rings. The van der Waals surface area contributed by atoms with Gasteiger partial charge in [-0.05, 0) is 6.92 Å². The van der Waals surface area contributed by atoms with Crippen molar-refractivity contribution in [3.8, 4) is 17.2 Å². The van der Waals surface area contributed by atoms with Gasteiger partial charge in [0.25, 0.3) is 17.3 Å². The molecule has 0 saturated carbocycles. The van der Waals surface area contributed by atoms with Crippen LogP contribution in [-0.2, 0) is 0 Å². The highest BCUT2D eigenvalue weighted by atomic mass is 16.6. The summed E-state index contributed by atoms with van der Waals surface area (Å²) in [4.78, 5) is 33.3. The maximum atomic E-state index is 12.7. The molecule has 0 aliphatic carbocycles. The lowest BCUT2D eigenvalue weighted by Gasteiger charge is -2.15. The minimum absolute atomic E-state index is 0.000502. The standard InChI is InChI=1S/C17H17N3O8/c1-9-12(7-11(19(22)23)8-13(9)20(24)25)17(21)18-10-5-14(26-2)16(28-4)15(6-10)27-3/h5-8H,1-4H3,(H,18,21). The zero-order valence-corrected chi connectivity index (χ0v) is 15.5. The van der Waals surface area contributed by atoms with Gasteiger partial charge in [-0.15, -0.1) is 0 Å². The molecule has 0 saturated heterocycles. The molecule has 0 atom stereocenters. The van der Waals surface area contributed by atoms with E-state index >= 15 is 0 Å². The van der Waals surface area contributed by atoms with Crippen molar-refractivity contribution in [2.75, 3.05) is 26.6 Å². The Bertz CT molecular complexity index is 933. The maximum Gasteiger partial charge on any atom is 0.279 e. The Morgan fingerprint density at radius 2 is 1.50 bits per heavy atom. The first-order valence-corrected chi connectivity index (χ1v) is 7.78. The molecule has 2 rings (SSSR count). The number of nitrogens with one attached hydrogen (secondary N) is 1. The van der Waals surface area contributed by atoms with E-state index in [9.17, 15) is 25.0 Å². The summed E-state index contributed by atoms with van der Waals surface area (Å²) in [5, 5.41) is 24.8. The number of carbonyl (C=O) groups is 1. The average Bonchev–Trinajstić information content (AvgIpc) is 2.66. The Morgan fingerprint density at radius 3 is 1.93 bits per heavy atom.